The Balaban J connectivity index is 2.64. The van der Waals surface area contributed by atoms with E-state index < -0.39 is 0 Å². The van der Waals surface area contributed by atoms with E-state index in [9.17, 15) is 0 Å². The van der Waals surface area contributed by atoms with E-state index >= 15 is 0 Å². The Morgan fingerprint density at radius 1 is 1.10 bits per heavy atom. The van der Waals surface area contributed by atoms with E-state index in [2.05, 4.69) is 66.8 Å². The van der Waals surface area contributed by atoms with Gasteiger partial charge in [0.25, 0.3) is 0 Å². The number of hydrogen-bond acceptors (Lipinski definition) is 1. The van der Waals surface area contributed by atoms with Gasteiger partial charge in [-0.1, -0.05) is 59.4 Å². The third-order valence-electron chi connectivity index (χ3n) is 3.34. The van der Waals surface area contributed by atoms with Crippen molar-refractivity contribution in [2.75, 3.05) is 7.11 Å². The molecule has 21 heavy (non-hydrogen) atoms. The van der Waals surface area contributed by atoms with Crippen molar-refractivity contribution < 1.29 is 4.74 Å². The largest absolute Gasteiger partial charge is 0.496 e. The fourth-order valence-electron chi connectivity index (χ4n) is 2.34. The molecule has 0 fully saturated rings. The van der Waals surface area contributed by atoms with Crippen LogP contribution in [0.5, 0.6) is 5.75 Å². The molecule has 0 spiro atoms. The standard InChI is InChI=1S/C16H14Br3ClO/c1-8-4-13(18)9(2)14(16(8)21-3)15(19)10-5-11(17)7-12(20)6-10/h4-7,15H,1-3H3. The van der Waals surface area contributed by atoms with Gasteiger partial charge in [0.2, 0.25) is 0 Å². The van der Waals surface area contributed by atoms with Crippen molar-refractivity contribution in [3.63, 3.8) is 0 Å². The molecule has 0 N–H and O–H groups in total. The van der Waals surface area contributed by atoms with E-state index in [1.165, 1.54) is 0 Å². The Bertz CT molecular complexity index is 665. The first-order valence-corrected chi connectivity index (χ1v) is 9.16. The molecule has 2 aromatic rings. The minimum absolute atomic E-state index is 0.00125. The van der Waals surface area contributed by atoms with Gasteiger partial charge in [-0.15, -0.1) is 0 Å². The minimum atomic E-state index is -0.00125. The molecule has 2 aromatic carbocycles. The summed E-state index contributed by atoms with van der Waals surface area (Å²) in [5.41, 5.74) is 4.43. The highest BCUT2D eigenvalue weighted by Gasteiger charge is 2.22. The zero-order valence-electron chi connectivity index (χ0n) is 11.8. The van der Waals surface area contributed by atoms with Crippen LogP contribution in [0.15, 0.2) is 33.2 Å². The zero-order chi connectivity index (χ0) is 15.7. The Morgan fingerprint density at radius 2 is 1.76 bits per heavy atom. The molecule has 0 saturated carbocycles. The van der Waals surface area contributed by atoms with Gasteiger partial charge in [0.05, 0.1) is 11.9 Å². The normalized spacial score (nSPS) is 12.3. The Labute approximate surface area is 155 Å². The van der Waals surface area contributed by atoms with Crippen LogP contribution in [0.3, 0.4) is 0 Å². The van der Waals surface area contributed by atoms with Crippen molar-refractivity contribution >= 4 is 59.4 Å². The number of benzene rings is 2. The lowest BCUT2D eigenvalue weighted by Crippen LogP contribution is -2.03. The molecule has 2 rings (SSSR count). The van der Waals surface area contributed by atoms with Crippen molar-refractivity contribution in [3.8, 4) is 5.75 Å². The molecule has 1 atom stereocenters. The van der Waals surface area contributed by atoms with Crippen molar-refractivity contribution in [2.24, 2.45) is 0 Å². The number of alkyl halides is 1. The molecule has 0 aromatic heterocycles. The van der Waals surface area contributed by atoms with Gasteiger partial charge in [-0.2, -0.15) is 0 Å². The first kappa shape index (κ1) is 17.3. The summed E-state index contributed by atoms with van der Waals surface area (Å²) in [4.78, 5) is -0.00125. The molecule has 0 bridgehead atoms. The fourth-order valence-corrected chi connectivity index (χ4v) is 4.60. The molecule has 1 unspecified atom stereocenters. The van der Waals surface area contributed by atoms with E-state index in [1.807, 2.05) is 19.1 Å². The van der Waals surface area contributed by atoms with Crippen LogP contribution in [-0.2, 0) is 0 Å². The van der Waals surface area contributed by atoms with E-state index in [4.69, 9.17) is 16.3 Å². The number of methoxy groups -OCH3 is 1. The van der Waals surface area contributed by atoms with Gasteiger partial charge in [0.1, 0.15) is 5.75 Å². The predicted octanol–water partition coefficient (Wildman–Crippen LogP) is 6.97. The third kappa shape index (κ3) is 3.66. The van der Waals surface area contributed by atoms with Crippen LogP contribution in [0.25, 0.3) is 0 Å². The third-order valence-corrected chi connectivity index (χ3v) is 5.83. The summed E-state index contributed by atoms with van der Waals surface area (Å²) in [6.07, 6.45) is 0. The van der Waals surface area contributed by atoms with Gasteiger partial charge in [-0.05, 0) is 54.8 Å². The average Bonchev–Trinajstić information content (AvgIpc) is 2.40. The van der Waals surface area contributed by atoms with Crippen molar-refractivity contribution in [3.05, 3.63) is 60.5 Å². The predicted molar refractivity (Wildman–Crippen MR) is 100 cm³/mol. The molecule has 0 aliphatic carbocycles. The van der Waals surface area contributed by atoms with E-state index in [1.54, 1.807) is 7.11 Å². The molecule has 0 saturated heterocycles. The van der Waals surface area contributed by atoms with Crippen LogP contribution < -0.4 is 4.74 Å². The topological polar surface area (TPSA) is 9.23 Å². The smallest absolute Gasteiger partial charge is 0.126 e. The van der Waals surface area contributed by atoms with Crippen molar-refractivity contribution in [1.82, 2.24) is 0 Å². The van der Waals surface area contributed by atoms with E-state index in [0.717, 1.165) is 36.9 Å². The van der Waals surface area contributed by atoms with Crippen LogP contribution >= 0.6 is 59.4 Å². The number of halogens is 4. The van der Waals surface area contributed by atoms with Crippen LogP contribution in [0.2, 0.25) is 5.02 Å². The molecule has 0 heterocycles. The summed E-state index contributed by atoms with van der Waals surface area (Å²) < 4.78 is 7.65. The maximum absolute atomic E-state index is 6.17. The highest BCUT2D eigenvalue weighted by atomic mass is 79.9. The maximum atomic E-state index is 6.17. The molecule has 112 valence electrons. The highest BCUT2D eigenvalue weighted by molar-refractivity contribution is 9.11. The van der Waals surface area contributed by atoms with Crippen LogP contribution in [0.4, 0.5) is 0 Å². The second kappa shape index (κ2) is 7.03. The van der Waals surface area contributed by atoms with Gasteiger partial charge in [0, 0.05) is 19.5 Å². The summed E-state index contributed by atoms with van der Waals surface area (Å²) in [7, 11) is 1.70. The van der Waals surface area contributed by atoms with E-state index in [0.29, 0.717) is 5.02 Å². The molecule has 5 heteroatoms. The van der Waals surface area contributed by atoms with Gasteiger partial charge >= 0.3 is 0 Å². The molecular weight excluding hydrogens is 483 g/mol. The molecule has 0 aliphatic heterocycles. The first-order valence-electron chi connectivity index (χ1n) is 6.28. The van der Waals surface area contributed by atoms with Crippen molar-refractivity contribution in [2.45, 2.75) is 18.7 Å². The summed E-state index contributed by atoms with van der Waals surface area (Å²) in [5.74, 6) is 0.897. The van der Waals surface area contributed by atoms with Crippen LogP contribution in [0, 0.1) is 13.8 Å². The maximum Gasteiger partial charge on any atom is 0.126 e. The molecule has 0 radical (unpaired) electrons. The number of ether oxygens (including phenoxy) is 1. The number of rotatable bonds is 3. The molecule has 0 aliphatic rings. The molecule has 1 nitrogen and oxygen atoms in total. The Morgan fingerprint density at radius 3 is 2.33 bits per heavy atom. The van der Waals surface area contributed by atoms with Crippen molar-refractivity contribution in [1.29, 1.82) is 0 Å². The molecular formula is C16H14Br3ClO. The molecule has 0 amide bonds. The lowest BCUT2D eigenvalue weighted by atomic mass is 9.97. The quantitative estimate of drug-likeness (QED) is 0.416. The van der Waals surface area contributed by atoms with Crippen LogP contribution in [0.1, 0.15) is 27.1 Å². The van der Waals surface area contributed by atoms with Crippen LogP contribution in [-0.4, -0.2) is 7.11 Å². The Hall–Kier alpha value is -0.0300. The highest BCUT2D eigenvalue weighted by Crippen LogP contribution is 2.43. The zero-order valence-corrected chi connectivity index (χ0v) is 17.3. The average molecular weight is 497 g/mol. The van der Waals surface area contributed by atoms with Gasteiger partial charge in [-0.3, -0.25) is 0 Å². The SMILES string of the molecule is COc1c(C)cc(Br)c(C)c1C(Br)c1cc(Cl)cc(Br)c1. The summed E-state index contributed by atoms with van der Waals surface area (Å²) in [6, 6.07) is 7.97. The summed E-state index contributed by atoms with van der Waals surface area (Å²) >= 11 is 17.1. The first-order chi connectivity index (χ1) is 9.85. The summed E-state index contributed by atoms with van der Waals surface area (Å²) in [5, 5.41) is 0.701. The van der Waals surface area contributed by atoms with Gasteiger partial charge < -0.3 is 4.74 Å². The van der Waals surface area contributed by atoms with Gasteiger partial charge in [0.15, 0.2) is 0 Å². The minimum Gasteiger partial charge on any atom is -0.496 e. The number of aryl methyl sites for hydroxylation is 1. The number of hydrogen-bond donors (Lipinski definition) is 0. The summed E-state index contributed by atoms with van der Waals surface area (Å²) in [6.45, 7) is 4.12. The second-order valence-electron chi connectivity index (χ2n) is 4.81. The monoisotopic (exact) mass is 494 g/mol. The second-order valence-corrected chi connectivity index (χ2v) is 7.93. The van der Waals surface area contributed by atoms with E-state index in [-0.39, 0.29) is 4.83 Å². The lowest BCUT2D eigenvalue weighted by Gasteiger charge is -2.21. The Kier molecular flexibility index (Phi) is 5.80. The van der Waals surface area contributed by atoms with Gasteiger partial charge in [-0.25, -0.2) is 0 Å². The lowest BCUT2D eigenvalue weighted by molar-refractivity contribution is 0.406. The fraction of sp³-hybridized carbons (Fsp3) is 0.250.